The van der Waals surface area contributed by atoms with Crippen LogP contribution in [-0.4, -0.2) is 81.8 Å². The second kappa shape index (κ2) is 14.3. The Morgan fingerprint density at radius 2 is 1.97 bits per heavy atom. The van der Waals surface area contributed by atoms with Gasteiger partial charge in [0.05, 0.1) is 24.7 Å². The van der Waals surface area contributed by atoms with Gasteiger partial charge in [-0.05, 0) is 68.8 Å². The molecule has 202 valence electrons. The summed E-state index contributed by atoms with van der Waals surface area (Å²) in [5.41, 5.74) is 3.96. The van der Waals surface area contributed by atoms with Crippen molar-refractivity contribution in [3.8, 4) is 11.3 Å². The molecule has 3 N–H and O–H groups in total. The molecule has 0 saturated heterocycles. The van der Waals surface area contributed by atoms with E-state index in [1.165, 1.54) is 5.56 Å². The van der Waals surface area contributed by atoms with Gasteiger partial charge in [0, 0.05) is 50.4 Å². The number of carbonyl (C=O) groups is 1. The molecular weight excluding hydrogens is 482 g/mol. The van der Waals surface area contributed by atoms with Gasteiger partial charge in [-0.15, -0.1) is 0 Å². The highest BCUT2D eigenvalue weighted by atomic mass is 16.5. The SMILES string of the molecule is COCCN(CCCCc1ccc2c(n1)NCCC2)CC[C@H](Nc1cncc(-c2ccncc2)n1)C(=O)O. The summed E-state index contributed by atoms with van der Waals surface area (Å²) in [6.45, 7) is 3.85. The van der Waals surface area contributed by atoms with Gasteiger partial charge >= 0.3 is 5.97 Å². The molecule has 10 nitrogen and oxygen atoms in total. The van der Waals surface area contributed by atoms with Crippen LogP contribution >= 0.6 is 0 Å². The normalized spacial score (nSPS) is 13.5. The molecular formula is C28H37N7O3. The van der Waals surface area contributed by atoms with Crippen molar-refractivity contribution in [3.05, 3.63) is 60.3 Å². The van der Waals surface area contributed by atoms with E-state index >= 15 is 0 Å². The molecule has 10 heteroatoms. The maximum atomic E-state index is 12.0. The molecule has 0 saturated carbocycles. The molecule has 38 heavy (non-hydrogen) atoms. The molecule has 0 spiro atoms. The zero-order valence-electron chi connectivity index (χ0n) is 22.0. The molecule has 0 fully saturated rings. The van der Waals surface area contributed by atoms with Gasteiger partial charge < -0.3 is 25.4 Å². The third-order valence-corrected chi connectivity index (χ3v) is 6.69. The average Bonchev–Trinajstić information content (AvgIpc) is 2.96. The van der Waals surface area contributed by atoms with Crippen LogP contribution in [0.2, 0.25) is 0 Å². The second-order valence-electron chi connectivity index (χ2n) is 9.48. The lowest BCUT2D eigenvalue weighted by Gasteiger charge is -2.24. The van der Waals surface area contributed by atoms with E-state index in [1.807, 2.05) is 12.1 Å². The highest BCUT2D eigenvalue weighted by molar-refractivity contribution is 5.77. The first kappa shape index (κ1) is 27.4. The van der Waals surface area contributed by atoms with Crippen molar-refractivity contribution in [2.75, 3.05) is 50.5 Å². The third-order valence-electron chi connectivity index (χ3n) is 6.69. The summed E-state index contributed by atoms with van der Waals surface area (Å²) in [6, 6.07) is 7.24. The van der Waals surface area contributed by atoms with Gasteiger partial charge in [-0.1, -0.05) is 6.07 Å². The van der Waals surface area contributed by atoms with E-state index < -0.39 is 12.0 Å². The third kappa shape index (κ3) is 8.19. The van der Waals surface area contributed by atoms with Crippen molar-refractivity contribution in [1.29, 1.82) is 0 Å². The number of aryl methyl sites for hydroxylation is 2. The molecule has 0 amide bonds. The molecule has 0 aliphatic carbocycles. The van der Waals surface area contributed by atoms with Crippen molar-refractivity contribution >= 4 is 17.6 Å². The van der Waals surface area contributed by atoms with Gasteiger partial charge in [-0.2, -0.15) is 0 Å². The van der Waals surface area contributed by atoms with E-state index in [0.717, 1.165) is 68.8 Å². The Morgan fingerprint density at radius 1 is 1.11 bits per heavy atom. The van der Waals surface area contributed by atoms with Gasteiger partial charge in [0.25, 0.3) is 0 Å². The van der Waals surface area contributed by atoms with Crippen LogP contribution in [0.3, 0.4) is 0 Å². The quantitative estimate of drug-likeness (QED) is 0.257. The van der Waals surface area contributed by atoms with Crippen LogP contribution in [0.5, 0.6) is 0 Å². The first-order chi connectivity index (χ1) is 18.6. The Balaban J connectivity index is 1.28. The highest BCUT2D eigenvalue weighted by Gasteiger charge is 2.20. The van der Waals surface area contributed by atoms with Gasteiger partial charge in [-0.3, -0.25) is 9.97 Å². The van der Waals surface area contributed by atoms with Crippen LogP contribution in [0.15, 0.2) is 49.1 Å². The van der Waals surface area contributed by atoms with E-state index in [9.17, 15) is 9.90 Å². The number of anilines is 2. The summed E-state index contributed by atoms with van der Waals surface area (Å²) in [4.78, 5) is 31.9. The number of pyridine rings is 2. The Labute approximate surface area is 223 Å². The van der Waals surface area contributed by atoms with Gasteiger partial charge in [0.2, 0.25) is 0 Å². The zero-order valence-corrected chi connectivity index (χ0v) is 22.0. The first-order valence-corrected chi connectivity index (χ1v) is 13.3. The van der Waals surface area contributed by atoms with Crippen molar-refractivity contribution in [2.24, 2.45) is 0 Å². The summed E-state index contributed by atoms with van der Waals surface area (Å²) in [7, 11) is 1.68. The van der Waals surface area contributed by atoms with Crippen molar-refractivity contribution < 1.29 is 14.6 Å². The number of methoxy groups -OCH3 is 1. The molecule has 4 heterocycles. The fourth-order valence-corrected chi connectivity index (χ4v) is 4.55. The van der Waals surface area contributed by atoms with Gasteiger partial charge in [-0.25, -0.2) is 14.8 Å². The number of rotatable bonds is 15. The number of fused-ring (bicyclic) bond motifs is 1. The fraction of sp³-hybridized carbons (Fsp3) is 0.464. The van der Waals surface area contributed by atoms with Crippen LogP contribution in [0, 0.1) is 0 Å². The van der Waals surface area contributed by atoms with Crippen LogP contribution in [0.25, 0.3) is 11.3 Å². The number of ether oxygens (including phenoxy) is 1. The second-order valence-corrected chi connectivity index (χ2v) is 9.48. The molecule has 0 bridgehead atoms. The molecule has 1 aliphatic heterocycles. The molecule has 0 radical (unpaired) electrons. The van der Waals surface area contributed by atoms with Crippen LogP contribution in [0.1, 0.15) is 36.9 Å². The number of aromatic nitrogens is 4. The van der Waals surface area contributed by atoms with Crippen LogP contribution in [-0.2, 0) is 22.4 Å². The Hall–Kier alpha value is -3.63. The molecule has 3 aromatic rings. The summed E-state index contributed by atoms with van der Waals surface area (Å²) in [5.74, 6) is 0.556. The molecule has 1 aliphatic rings. The minimum atomic E-state index is -0.917. The number of aliphatic carboxylic acids is 1. The monoisotopic (exact) mass is 519 g/mol. The largest absolute Gasteiger partial charge is 0.480 e. The van der Waals surface area contributed by atoms with E-state index in [2.05, 4.69) is 42.6 Å². The Kier molecular flexibility index (Phi) is 10.3. The van der Waals surface area contributed by atoms with E-state index in [4.69, 9.17) is 9.72 Å². The van der Waals surface area contributed by atoms with Crippen molar-refractivity contribution in [3.63, 3.8) is 0 Å². The molecule has 4 rings (SSSR count). The number of carboxylic acid groups (broad SMARTS) is 1. The number of unbranched alkanes of at least 4 members (excludes halogenated alkanes) is 1. The highest BCUT2D eigenvalue weighted by Crippen LogP contribution is 2.20. The standard InChI is InChI=1S/C28H37N7O3/c1-38-18-17-35(15-3-2-6-23-8-7-22-5-4-12-31-27(22)32-23)16-11-24(28(36)37)33-26-20-30-19-25(34-26)21-9-13-29-14-10-21/h7-10,13-14,19-20,24H,2-6,11-12,15-18H2,1H3,(H,31,32)(H,33,34)(H,36,37)/t24-/m0/s1. The van der Waals surface area contributed by atoms with Crippen LogP contribution in [0.4, 0.5) is 11.6 Å². The van der Waals surface area contributed by atoms with Gasteiger partial charge in [0.1, 0.15) is 17.7 Å². The fourth-order valence-electron chi connectivity index (χ4n) is 4.55. The lowest BCUT2D eigenvalue weighted by Crippen LogP contribution is -2.37. The number of nitrogens with one attached hydrogen (secondary N) is 2. The Bertz CT molecular complexity index is 1160. The average molecular weight is 520 g/mol. The predicted octanol–water partition coefficient (Wildman–Crippen LogP) is 3.52. The van der Waals surface area contributed by atoms with Gasteiger partial charge in [0.15, 0.2) is 0 Å². The summed E-state index contributed by atoms with van der Waals surface area (Å²) < 4.78 is 5.29. The predicted molar refractivity (Wildman–Crippen MR) is 147 cm³/mol. The van der Waals surface area contributed by atoms with Crippen molar-refractivity contribution in [2.45, 2.75) is 44.6 Å². The summed E-state index contributed by atoms with van der Waals surface area (Å²) in [5, 5.41) is 16.3. The van der Waals surface area contributed by atoms with E-state index in [1.54, 1.807) is 31.9 Å². The summed E-state index contributed by atoms with van der Waals surface area (Å²) >= 11 is 0. The topological polar surface area (TPSA) is 125 Å². The number of nitrogens with zero attached hydrogens (tertiary/aromatic N) is 5. The van der Waals surface area contributed by atoms with E-state index in [-0.39, 0.29) is 0 Å². The number of carboxylic acids is 1. The minimum Gasteiger partial charge on any atom is -0.480 e. The smallest absolute Gasteiger partial charge is 0.326 e. The maximum Gasteiger partial charge on any atom is 0.326 e. The number of hydrogen-bond acceptors (Lipinski definition) is 9. The maximum absolute atomic E-state index is 12.0. The molecule has 0 unspecified atom stereocenters. The van der Waals surface area contributed by atoms with Crippen LogP contribution < -0.4 is 10.6 Å². The zero-order chi connectivity index (χ0) is 26.6. The lowest BCUT2D eigenvalue weighted by atomic mass is 10.1. The van der Waals surface area contributed by atoms with Crippen molar-refractivity contribution in [1.82, 2.24) is 24.8 Å². The number of hydrogen-bond donors (Lipinski definition) is 3. The molecule has 1 atom stereocenters. The first-order valence-electron chi connectivity index (χ1n) is 13.3. The minimum absolute atomic E-state index is 0.429. The molecule has 3 aromatic heterocycles. The Morgan fingerprint density at radius 3 is 2.79 bits per heavy atom. The lowest BCUT2D eigenvalue weighted by molar-refractivity contribution is -0.138. The van der Waals surface area contributed by atoms with E-state index in [0.29, 0.717) is 31.1 Å². The molecule has 0 aromatic carbocycles. The summed E-state index contributed by atoms with van der Waals surface area (Å²) in [6.07, 6.45) is 12.2.